The summed E-state index contributed by atoms with van der Waals surface area (Å²) >= 11 is 3.43. The Kier molecular flexibility index (Phi) is 6.91. The Bertz CT molecular complexity index is 817. The van der Waals surface area contributed by atoms with Crippen LogP contribution in [0, 0.1) is 0 Å². The molecule has 0 aromatic heterocycles. The van der Waals surface area contributed by atoms with Crippen LogP contribution >= 0.6 is 15.9 Å². The first-order valence-corrected chi connectivity index (χ1v) is 8.73. The summed E-state index contributed by atoms with van der Waals surface area (Å²) in [6.45, 7) is 3.94. The van der Waals surface area contributed by atoms with Gasteiger partial charge < -0.3 is 9.84 Å². The number of hydrogen-bond acceptors (Lipinski definition) is 4. The van der Waals surface area contributed by atoms with Gasteiger partial charge in [-0.15, -0.1) is 0 Å². The van der Waals surface area contributed by atoms with Crippen molar-refractivity contribution in [1.29, 1.82) is 0 Å². The number of aromatic carboxylic acids is 1. The molecule has 0 bridgehead atoms. The molecule has 0 unspecified atom stereocenters. The summed E-state index contributed by atoms with van der Waals surface area (Å²) in [6, 6.07) is 11.8. The topological polar surface area (TPSA) is 88.0 Å². The van der Waals surface area contributed by atoms with Gasteiger partial charge in [-0.1, -0.05) is 41.9 Å². The summed E-state index contributed by atoms with van der Waals surface area (Å²) < 4.78 is 6.54. The van der Waals surface area contributed by atoms with E-state index in [-0.39, 0.29) is 24.0 Å². The smallest absolute Gasteiger partial charge is 0.335 e. The van der Waals surface area contributed by atoms with Crippen LogP contribution in [0.1, 0.15) is 41.3 Å². The van der Waals surface area contributed by atoms with Crippen molar-refractivity contribution < 1.29 is 19.4 Å². The normalized spacial score (nSPS) is 10.9. The number of halogens is 1. The van der Waals surface area contributed by atoms with Gasteiger partial charge in [-0.05, 0) is 47.4 Å². The number of benzene rings is 2. The number of carboxylic acid groups (broad SMARTS) is 1. The minimum absolute atomic E-state index is 0.156. The zero-order valence-electron chi connectivity index (χ0n) is 14.4. The molecule has 0 aliphatic heterocycles. The standard InChI is InChI=1S/C19H19BrN2O4/c1-12(2)16-9-15(20)7-8-17(16)26-11-18(23)22-21-10-13-3-5-14(6-4-13)19(24)25/h3-10,12H,11H2,1-2H3,(H,22,23)(H,24,25)/b21-10+. The van der Waals surface area contributed by atoms with Crippen LogP contribution < -0.4 is 10.2 Å². The zero-order valence-corrected chi connectivity index (χ0v) is 16.0. The quantitative estimate of drug-likeness (QED) is 0.528. The van der Waals surface area contributed by atoms with Gasteiger partial charge in [-0.3, -0.25) is 4.79 Å². The first kappa shape index (κ1) is 19.7. The molecule has 6 nitrogen and oxygen atoms in total. The molecule has 2 aromatic carbocycles. The van der Waals surface area contributed by atoms with Gasteiger partial charge in [0.1, 0.15) is 5.75 Å². The number of ether oxygens (including phenoxy) is 1. The number of nitrogens with zero attached hydrogens (tertiary/aromatic N) is 1. The van der Waals surface area contributed by atoms with Crippen molar-refractivity contribution in [1.82, 2.24) is 5.43 Å². The van der Waals surface area contributed by atoms with Crippen molar-refractivity contribution in [3.05, 3.63) is 63.6 Å². The average molecular weight is 419 g/mol. The van der Waals surface area contributed by atoms with Gasteiger partial charge >= 0.3 is 5.97 Å². The monoisotopic (exact) mass is 418 g/mol. The van der Waals surface area contributed by atoms with Crippen LogP contribution in [0.15, 0.2) is 52.0 Å². The number of nitrogens with one attached hydrogen (secondary N) is 1. The number of rotatable bonds is 7. The molecule has 0 radical (unpaired) electrons. The lowest BCUT2D eigenvalue weighted by Gasteiger charge is -2.13. The minimum Gasteiger partial charge on any atom is -0.483 e. The summed E-state index contributed by atoms with van der Waals surface area (Å²) in [7, 11) is 0. The molecule has 0 atom stereocenters. The Hall–Kier alpha value is -2.67. The molecule has 0 saturated carbocycles. The third-order valence-corrected chi connectivity index (χ3v) is 4.01. The Morgan fingerprint density at radius 1 is 1.23 bits per heavy atom. The second-order valence-corrected chi connectivity index (χ2v) is 6.76. The van der Waals surface area contributed by atoms with Gasteiger partial charge in [0.25, 0.3) is 5.91 Å². The van der Waals surface area contributed by atoms with Crippen molar-refractivity contribution in [2.45, 2.75) is 19.8 Å². The number of carbonyl (C=O) groups excluding carboxylic acids is 1. The fourth-order valence-electron chi connectivity index (χ4n) is 2.17. The van der Waals surface area contributed by atoms with Crippen LogP contribution in [-0.4, -0.2) is 29.8 Å². The van der Waals surface area contributed by atoms with Crippen LogP contribution in [0.5, 0.6) is 5.75 Å². The average Bonchev–Trinajstić information content (AvgIpc) is 2.61. The zero-order chi connectivity index (χ0) is 19.1. The molecule has 0 aliphatic carbocycles. The molecule has 0 spiro atoms. The third kappa shape index (κ3) is 5.70. The maximum absolute atomic E-state index is 11.9. The molecule has 2 aromatic rings. The van der Waals surface area contributed by atoms with Gasteiger partial charge in [-0.25, -0.2) is 10.2 Å². The first-order chi connectivity index (χ1) is 12.4. The summed E-state index contributed by atoms with van der Waals surface area (Å²) in [5, 5.41) is 12.7. The molecule has 0 heterocycles. The minimum atomic E-state index is -0.993. The summed E-state index contributed by atoms with van der Waals surface area (Å²) in [6.07, 6.45) is 1.43. The van der Waals surface area contributed by atoms with Gasteiger partial charge in [0.15, 0.2) is 6.61 Å². The number of carboxylic acids is 1. The Balaban J connectivity index is 1.88. The lowest BCUT2D eigenvalue weighted by atomic mass is 10.0. The highest BCUT2D eigenvalue weighted by Crippen LogP contribution is 2.29. The van der Waals surface area contributed by atoms with E-state index in [2.05, 4.69) is 40.3 Å². The Labute approximate surface area is 160 Å². The molecule has 0 saturated heterocycles. The number of hydrazone groups is 1. The van der Waals surface area contributed by atoms with E-state index in [4.69, 9.17) is 9.84 Å². The fourth-order valence-corrected chi connectivity index (χ4v) is 2.55. The highest BCUT2D eigenvalue weighted by Gasteiger charge is 2.10. The number of amides is 1. The van der Waals surface area contributed by atoms with Crippen molar-refractivity contribution >= 4 is 34.0 Å². The molecule has 26 heavy (non-hydrogen) atoms. The van der Waals surface area contributed by atoms with Gasteiger partial charge in [-0.2, -0.15) is 5.10 Å². The molecule has 136 valence electrons. The number of carbonyl (C=O) groups is 2. The van der Waals surface area contributed by atoms with Crippen LogP contribution in [0.2, 0.25) is 0 Å². The summed E-state index contributed by atoms with van der Waals surface area (Å²) in [5.41, 5.74) is 4.25. The van der Waals surface area contributed by atoms with E-state index >= 15 is 0 Å². The van der Waals surface area contributed by atoms with Crippen molar-refractivity contribution in [3.63, 3.8) is 0 Å². The summed E-state index contributed by atoms with van der Waals surface area (Å²) in [4.78, 5) is 22.6. The second-order valence-electron chi connectivity index (χ2n) is 5.85. The summed E-state index contributed by atoms with van der Waals surface area (Å²) in [5.74, 6) is -0.461. The molecular formula is C19H19BrN2O4. The van der Waals surface area contributed by atoms with Crippen molar-refractivity contribution in [2.24, 2.45) is 5.10 Å². The Morgan fingerprint density at radius 3 is 2.54 bits per heavy atom. The molecule has 1 amide bonds. The lowest BCUT2D eigenvalue weighted by Crippen LogP contribution is -2.24. The van der Waals surface area contributed by atoms with Crippen LogP contribution in [0.25, 0.3) is 0 Å². The fraction of sp³-hybridized carbons (Fsp3) is 0.211. The van der Waals surface area contributed by atoms with E-state index in [0.717, 1.165) is 10.0 Å². The van der Waals surface area contributed by atoms with Crippen molar-refractivity contribution in [2.75, 3.05) is 6.61 Å². The SMILES string of the molecule is CC(C)c1cc(Br)ccc1OCC(=O)N/N=C/c1ccc(C(=O)O)cc1. The molecule has 2 rings (SSSR count). The first-order valence-electron chi connectivity index (χ1n) is 7.94. The molecule has 0 fully saturated rings. The second kappa shape index (κ2) is 9.15. The lowest BCUT2D eigenvalue weighted by molar-refractivity contribution is -0.123. The molecular weight excluding hydrogens is 400 g/mol. The van der Waals surface area contributed by atoms with E-state index < -0.39 is 5.97 Å². The predicted molar refractivity (Wildman–Crippen MR) is 103 cm³/mol. The Morgan fingerprint density at radius 2 is 1.92 bits per heavy atom. The third-order valence-electron chi connectivity index (χ3n) is 3.51. The largest absolute Gasteiger partial charge is 0.483 e. The van der Waals surface area contributed by atoms with Crippen LogP contribution in [-0.2, 0) is 4.79 Å². The highest BCUT2D eigenvalue weighted by molar-refractivity contribution is 9.10. The number of hydrogen-bond donors (Lipinski definition) is 2. The predicted octanol–water partition coefficient (Wildman–Crippen LogP) is 3.80. The molecule has 0 aliphatic rings. The van der Waals surface area contributed by atoms with E-state index in [0.29, 0.717) is 11.3 Å². The van der Waals surface area contributed by atoms with E-state index in [9.17, 15) is 9.59 Å². The molecule has 7 heteroatoms. The maximum atomic E-state index is 11.9. The highest BCUT2D eigenvalue weighted by atomic mass is 79.9. The van der Waals surface area contributed by atoms with Crippen molar-refractivity contribution in [3.8, 4) is 5.75 Å². The molecule has 2 N–H and O–H groups in total. The van der Waals surface area contributed by atoms with Crippen LogP contribution in [0.3, 0.4) is 0 Å². The van der Waals surface area contributed by atoms with E-state index in [1.807, 2.05) is 18.2 Å². The van der Waals surface area contributed by atoms with Gasteiger partial charge in [0.2, 0.25) is 0 Å². The van der Waals surface area contributed by atoms with Gasteiger partial charge in [0.05, 0.1) is 11.8 Å². The maximum Gasteiger partial charge on any atom is 0.335 e. The van der Waals surface area contributed by atoms with E-state index in [1.54, 1.807) is 12.1 Å². The van der Waals surface area contributed by atoms with Gasteiger partial charge in [0, 0.05) is 4.47 Å². The van der Waals surface area contributed by atoms with Crippen LogP contribution in [0.4, 0.5) is 0 Å². The van der Waals surface area contributed by atoms with E-state index in [1.165, 1.54) is 18.3 Å².